The maximum atomic E-state index is 6.49. The maximum Gasteiger partial charge on any atom is 0.0307 e. The molecule has 3 heteroatoms. The second kappa shape index (κ2) is 6.18. The molecule has 0 saturated carbocycles. The highest BCUT2D eigenvalue weighted by molar-refractivity contribution is 7.07. The Labute approximate surface area is 115 Å². The molecule has 0 aliphatic carbocycles. The topological polar surface area (TPSA) is 29.3 Å². The molecular formula is C15H26N2S. The van der Waals surface area contributed by atoms with Crippen LogP contribution in [-0.4, -0.2) is 29.6 Å². The lowest BCUT2D eigenvalue weighted by Crippen LogP contribution is -2.57. The largest absolute Gasteiger partial charge is 0.326 e. The van der Waals surface area contributed by atoms with Gasteiger partial charge in [0.2, 0.25) is 0 Å². The maximum absolute atomic E-state index is 6.49. The molecule has 1 aromatic rings. The summed E-state index contributed by atoms with van der Waals surface area (Å²) < 4.78 is 0. The molecule has 1 aliphatic rings. The summed E-state index contributed by atoms with van der Waals surface area (Å²) in [5.74, 6) is 0. The fourth-order valence-corrected chi connectivity index (χ4v) is 3.48. The monoisotopic (exact) mass is 266 g/mol. The van der Waals surface area contributed by atoms with E-state index in [1.54, 1.807) is 11.3 Å². The fourth-order valence-electron chi connectivity index (χ4n) is 2.79. The zero-order valence-electron chi connectivity index (χ0n) is 11.7. The third-order valence-corrected chi connectivity index (χ3v) is 5.10. The number of thiophene rings is 1. The minimum Gasteiger partial charge on any atom is -0.326 e. The van der Waals surface area contributed by atoms with E-state index in [0.29, 0.717) is 0 Å². The van der Waals surface area contributed by atoms with E-state index in [1.807, 2.05) is 0 Å². The van der Waals surface area contributed by atoms with Crippen LogP contribution in [0.4, 0.5) is 0 Å². The first kappa shape index (κ1) is 14.0. The Hall–Kier alpha value is -0.380. The van der Waals surface area contributed by atoms with E-state index in [-0.39, 0.29) is 11.6 Å². The predicted molar refractivity (Wildman–Crippen MR) is 80.1 cm³/mol. The van der Waals surface area contributed by atoms with Crippen LogP contribution in [0.3, 0.4) is 0 Å². The van der Waals surface area contributed by atoms with Crippen molar-refractivity contribution in [1.29, 1.82) is 0 Å². The fraction of sp³-hybridized carbons (Fsp3) is 0.733. The van der Waals surface area contributed by atoms with Crippen molar-refractivity contribution < 1.29 is 0 Å². The summed E-state index contributed by atoms with van der Waals surface area (Å²) in [6.07, 6.45) is 6.41. The van der Waals surface area contributed by atoms with E-state index in [4.69, 9.17) is 5.73 Å². The molecular weight excluding hydrogens is 240 g/mol. The van der Waals surface area contributed by atoms with Crippen LogP contribution >= 0.6 is 11.3 Å². The van der Waals surface area contributed by atoms with Crippen LogP contribution in [0.1, 0.15) is 45.1 Å². The molecule has 1 unspecified atom stereocenters. The molecule has 0 bridgehead atoms. The molecule has 1 aliphatic heterocycles. The predicted octanol–water partition coefficient (Wildman–Crippen LogP) is 3.27. The molecule has 0 spiro atoms. The molecule has 18 heavy (non-hydrogen) atoms. The third kappa shape index (κ3) is 3.34. The van der Waals surface area contributed by atoms with E-state index < -0.39 is 0 Å². The number of nitrogens with zero attached hydrogens (tertiary/aromatic N) is 1. The molecule has 2 rings (SSSR count). The summed E-state index contributed by atoms with van der Waals surface area (Å²) in [5, 5.41) is 4.36. The van der Waals surface area contributed by atoms with E-state index in [9.17, 15) is 0 Å². The highest BCUT2D eigenvalue weighted by atomic mass is 32.1. The second-order valence-corrected chi connectivity index (χ2v) is 6.78. The SMILES string of the molecule is CC(C)(C(N)Cc1ccsc1)N1CCCCCC1. The lowest BCUT2D eigenvalue weighted by atomic mass is 9.88. The van der Waals surface area contributed by atoms with E-state index in [1.165, 1.54) is 44.3 Å². The van der Waals surface area contributed by atoms with Crippen LogP contribution in [0.2, 0.25) is 0 Å². The number of rotatable bonds is 4. The van der Waals surface area contributed by atoms with Crippen molar-refractivity contribution in [3.8, 4) is 0 Å². The van der Waals surface area contributed by atoms with E-state index >= 15 is 0 Å². The van der Waals surface area contributed by atoms with Gasteiger partial charge in [-0.3, -0.25) is 4.90 Å². The normalized spacial score (nSPS) is 20.6. The smallest absolute Gasteiger partial charge is 0.0307 e. The van der Waals surface area contributed by atoms with Gasteiger partial charge in [0, 0.05) is 11.6 Å². The highest BCUT2D eigenvalue weighted by Gasteiger charge is 2.33. The molecule has 0 radical (unpaired) electrons. The van der Waals surface area contributed by atoms with Crippen molar-refractivity contribution in [2.24, 2.45) is 5.73 Å². The number of hydrogen-bond donors (Lipinski definition) is 1. The molecule has 2 nitrogen and oxygen atoms in total. The first-order valence-corrected chi connectivity index (χ1v) is 8.06. The van der Waals surface area contributed by atoms with E-state index in [0.717, 1.165) is 6.42 Å². The van der Waals surface area contributed by atoms with Gasteiger partial charge in [0.05, 0.1) is 0 Å². The van der Waals surface area contributed by atoms with Crippen molar-refractivity contribution >= 4 is 11.3 Å². The zero-order chi connectivity index (χ0) is 13.0. The summed E-state index contributed by atoms with van der Waals surface area (Å²) in [7, 11) is 0. The summed E-state index contributed by atoms with van der Waals surface area (Å²) in [5.41, 5.74) is 7.98. The van der Waals surface area contributed by atoms with Crippen LogP contribution in [0.15, 0.2) is 16.8 Å². The molecule has 1 fully saturated rings. The Morgan fingerprint density at radius 3 is 2.50 bits per heavy atom. The first-order chi connectivity index (χ1) is 8.60. The van der Waals surface area contributed by atoms with Crippen molar-refractivity contribution in [2.75, 3.05) is 13.1 Å². The van der Waals surface area contributed by atoms with Gasteiger partial charge in [0.15, 0.2) is 0 Å². The second-order valence-electron chi connectivity index (χ2n) is 6.00. The van der Waals surface area contributed by atoms with Crippen LogP contribution in [0.5, 0.6) is 0 Å². The van der Waals surface area contributed by atoms with Gasteiger partial charge < -0.3 is 5.73 Å². The van der Waals surface area contributed by atoms with Crippen molar-refractivity contribution in [3.63, 3.8) is 0 Å². The molecule has 1 aromatic heterocycles. The minimum absolute atomic E-state index is 0.103. The minimum atomic E-state index is 0.103. The number of likely N-dealkylation sites (tertiary alicyclic amines) is 1. The quantitative estimate of drug-likeness (QED) is 0.906. The Morgan fingerprint density at radius 1 is 1.28 bits per heavy atom. The summed E-state index contributed by atoms with van der Waals surface area (Å²) in [4.78, 5) is 2.61. The van der Waals surface area contributed by atoms with Crippen molar-refractivity contribution in [2.45, 2.75) is 57.5 Å². The lowest BCUT2D eigenvalue weighted by Gasteiger charge is -2.42. The Bertz CT molecular complexity index is 337. The Morgan fingerprint density at radius 2 is 1.94 bits per heavy atom. The molecule has 2 N–H and O–H groups in total. The van der Waals surface area contributed by atoms with Gasteiger partial charge in [-0.2, -0.15) is 11.3 Å². The molecule has 1 atom stereocenters. The lowest BCUT2D eigenvalue weighted by molar-refractivity contribution is 0.0979. The number of nitrogens with two attached hydrogens (primary N) is 1. The van der Waals surface area contributed by atoms with Crippen LogP contribution in [0, 0.1) is 0 Å². The third-order valence-electron chi connectivity index (χ3n) is 4.36. The van der Waals surface area contributed by atoms with Gasteiger partial charge >= 0.3 is 0 Å². The Balaban J connectivity index is 1.99. The first-order valence-electron chi connectivity index (χ1n) is 7.12. The van der Waals surface area contributed by atoms with Crippen molar-refractivity contribution in [1.82, 2.24) is 4.90 Å². The van der Waals surface area contributed by atoms with Gasteiger partial charge in [-0.25, -0.2) is 0 Å². The molecule has 0 aromatic carbocycles. The van der Waals surface area contributed by atoms with Gasteiger partial charge in [0.1, 0.15) is 0 Å². The average Bonchev–Trinajstić information content (AvgIpc) is 2.68. The van der Waals surface area contributed by atoms with E-state index in [2.05, 4.69) is 35.6 Å². The van der Waals surface area contributed by atoms with Gasteiger partial charge in [-0.05, 0) is 68.6 Å². The van der Waals surface area contributed by atoms with Crippen molar-refractivity contribution in [3.05, 3.63) is 22.4 Å². The van der Waals surface area contributed by atoms with Gasteiger partial charge in [-0.15, -0.1) is 0 Å². The van der Waals surface area contributed by atoms with Gasteiger partial charge in [-0.1, -0.05) is 12.8 Å². The number of hydrogen-bond acceptors (Lipinski definition) is 3. The molecule has 0 amide bonds. The zero-order valence-corrected chi connectivity index (χ0v) is 12.5. The average molecular weight is 266 g/mol. The standard InChI is InChI=1S/C15H26N2S/c1-15(2,17-8-5-3-4-6-9-17)14(16)11-13-7-10-18-12-13/h7,10,12,14H,3-6,8-9,11,16H2,1-2H3. The summed E-state index contributed by atoms with van der Waals surface area (Å²) >= 11 is 1.76. The van der Waals surface area contributed by atoms with Crippen LogP contribution in [-0.2, 0) is 6.42 Å². The molecule has 102 valence electrons. The molecule has 2 heterocycles. The highest BCUT2D eigenvalue weighted by Crippen LogP contribution is 2.24. The van der Waals surface area contributed by atoms with Crippen LogP contribution in [0.25, 0.3) is 0 Å². The molecule has 1 saturated heterocycles. The Kier molecular flexibility index (Phi) is 4.82. The summed E-state index contributed by atoms with van der Waals surface area (Å²) in [6.45, 7) is 7.05. The van der Waals surface area contributed by atoms with Crippen LogP contribution < -0.4 is 5.73 Å². The van der Waals surface area contributed by atoms with Gasteiger partial charge in [0.25, 0.3) is 0 Å². The summed E-state index contributed by atoms with van der Waals surface area (Å²) in [6, 6.07) is 2.41.